The van der Waals surface area contributed by atoms with Crippen LogP contribution in [0.4, 0.5) is 0 Å². The second-order valence-electron chi connectivity index (χ2n) is 5.39. The van der Waals surface area contributed by atoms with Crippen molar-refractivity contribution in [3.8, 4) is 0 Å². The molecular weight excluding hydrogens is 254 g/mol. The number of carbonyl (C=O) groups is 2. The van der Waals surface area contributed by atoms with Crippen LogP contribution in [0.2, 0.25) is 0 Å². The summed E-state index contributed by atoms with van der Waals surface area (Å²) in [7, 11) is 0. The van der Waals surface area contributed by atoms with Crippen LogP contribution < -0.4 is 0 Å². The zero-order valence-electron chi connectivity index (χ0n) is 12.6. The van der Waals surface area contributed by atoms with E-state index in [0.717, 1.165) is 12.0 Å². The molecule has 1 rings (SSSR count). The van der Waals surface area contributed by atoms with E-state index >= 15 is 0 Å². The third-order valence-electron chi connectivity index (χ3n) is 3.61. The number of hydrogen-bond acceptors (Lipinski definition) is 2. The van der Waals surface area contributed by atoms with Crippen LogP contribution in [0.5, 0.6) is 0 Å². The van der Waals surface area contributed by atoms with Crippen molar-refractivity contribution in [3.63, 3.8) is 0 Å². The second kappa shape index (κ2) is 6.55. The Labute approximate surface area is 120 Å². The maximum atomic E-state index is 12.5. The lowest BCUT2D eigenvalue weighted by atomic mass is 9.82. The number of likely N-dealkylation sites (N-methyl/N-ethyl adjacent to an activating group) is 1. The van der Waals surface area contributed by atoms with Crippen molar-refractivity contribution in [1.29, 1.82) is 0 Å². The first-order valence-electron chi connectivity index (χ1n) is 6.93. The van der Waals surface area contributed by atoms with Crippen molar-refractivity contribution in [2.75, 3.05) is 13.1 Å². The number of carbonyl (C=O) groups excluding carboxylic acids is 1. The molecule has 110 valence electrons. The largest absolute Gasteiger partial charge is 0.480 e. The molecule has 0 fully saturated rings. The lowest BCUT2D eigenvalue weighted by molar-refractivity contribution is -0.146. The monoisotopic (exact) mass is 277 g/mol. The first-order chi connectivity index (χ1) is 9.32. The van der Waals surface area contributed by atoms with Crippen LogP contribution in [0.25, 0.3) is 0 Å². The minimum absolute atomic E-state index is 0.161. The van der Waals surface area contributed by atoms with Gasteiger partial charge in [-0.1, -0.05) is 31.2 Å². The van der Waals surface area contributed by atoms with Gasteiger partial charge in [0.1, 0.15) is 6.54 Å². The van der Waals surface area contributed by atoms with E-state index in [1.54, 1.807) is 6.92 Å². The van der Waals surface area contributed by atoms with E-state index in [-0.39, 0.29) is 12.5 Å². The van der Waals surface area contributed by atoms with E-state index in [4.69, 9.17) is 5.11 Å². The van der Waals surface area contributed by atoms with Crippen molar-refractivity contribution in [1.82, 2.24) is 4.90 Å². The Kier molecular flexibility index (Phi) is 5.31. The van der Waals surface area contributed by atoms with Gasteiger partial charge in [0.25, 0.3) is 0 Å². The summed E-state index contributed by atoms with van der Waals surface area (Å²) >= 11 is 0. The van der Waals surface area contributed by atoms with Crippen LogP contribution in [0.15, 0.2) is 24.3 Å². The zero-order valence-corrected chi connectivity index (χ0v) is 12.6. The van der Waals surface area contributed by atoms with Crippen molar-refractivity contribution < 1.29 is 14.7 Å². The third-order valence-corrected chi connectivity index (χ3v) is 3.61. The van der Waals surface area contributed by atoms with Crippen LogP contribution in [0.1, 0.15) is 38.8 Å². The van der Waals surface area contributed by atoms with Crippen LogP contribution in [0.3, 0.4) is 0 Å². The first kappa shape index (κ1) is 16.2. The molecule has 0 unspecified atom stereocenters. The smallest absolute Gasteiger partial charge is 0.323 e. The summed E-state index contributed by atoms with van der Waals surface area (Å²) in [5.74, 6) is -1.15. The Morgan fingerprint density at radius 1 is 1.15 bits per heavy atom. The van der Waals surface area contributed by atoms with Crippen molar-refractivity contribution in [2.24, 2.45) is 0 Å². The Balaban J connectivity index is 3.00. The van der Waals surface area contributed by atoms with Gasteiger partial charge in [-0.3, -0.25) is 9.59 Å². The molecule has 1 aromatic carbocycles. The van der Waals surface area contributed by atoms with Gasteiger partial charge in [0.2, 0.25) is 5.91 Å². The summed E-state index contributed by atoms with van der Waals surface area (Å²) in [5, 5.41) is 8.87. The van der Waals surface area contributed by atoms with Gasteiger partial charge < -0.3 is 10.0 Å². The number of hydrogen-bond donors (Lipinski definition) is 1. The molecule has 4 heteroatoms. The highest BCUT2D eigenvalue weighted by Crippen LogP contribution is 2.26. The number of benzene rings is 1. The summed E-state index contributed by atoms with van der Waals surface area (Å²) in [6.45, 7) is 7.67. The van der Waals surface area contributed by atoms with Gasteiger partial charge in [-0.2, -0.15) is 0 Å². The fraction of sp³-hybridized carbons (Fsp3) is 0.500. The highest BCUT2D eigenvalue weighted by Gasteiger charge is 2.33. The highest BCUT2D eigenvalue weighted by atomic mass is 16.4. The summed E-state index contributed by atoms with van der Waals surface area (Å²) in [5.41, 5.74) is 1.40. The van der Waals surface area contributed by atoms with Crippen molar-refractivity contribution in [2.45, 2.75) is 39.5 Å². The SMILES string of the molecule is CCc1ccc(C(C)(C)C(=O)N(CC)CC(=O)O)cc1. The van der Waals surface area contributed by atoms with E-state index in [1.165, 1.54) is 10.5 Å². The molecule has 4 nitrogen and oxygen atoms in total. The van der Waals surface area contributed by atoms with Gasteiger partial charge in [0, 0.05) is 6.54 Å². The Morgan fingerprint density at radius 3 is 2.10 bits per heavy atom. The Hall–Kier alpha value is -1.84. The van der Waals surface area contributed by atoms with Crippen LogP contribution in [0, 0.1) is 0 Å². The summed E-state index contributed by atoms with van der Waals surface area (Å²) < 4.78 is 0. The Morgan fingerprint density at radius 2 is 1.70 bits per heavy atom. The van der Waals surface area contributed by atoms with Crippen LogP contribution >= 0.6 is 0 Å². The molecule has 0 saturated carbocycles. The molecule has 0 radical (unpaired) electrons. The minimum atomic E-state index is -0.989. The lowest BCUT2D eigenvalue weighted by Crippen LogP contribution is -2.45. The van der Waals surface area contributed by atoms with E-state index in [2.05, 4.69) is 6.92 Å². The summed E-state index contributed by atoms with van der Waals surface area (Å²) in [4.78, 5) is 24.7. The van der Waals surface area contributed by atoms with E-state index in [1.807, 2.05) is 38.1 Å². The Bertz CT molecular complexity index is 477. The molecule has 1 N–H and O–H groups in total. The molecule has 1 amide bonds. The molecule has 0 saturated heterocycles. The molecule has 0 aromatic heterocycles. The van der Waals surface area contributed by atoms with Crippen LogP contribution in [-0.4, -0.2) is 35.0 Å². The summed E-state index contributed by atoms with van der Waals surface area (Å²) in [6.07, 6.45) is 0.953. The number of nitrogens with zero attached hydrogens (tertiary/aromatic N) is 1. The van der Waals surface area contributed by atoms with Crippen molar-refractivity contribution in [3.05, 3.63) is 35.4 Å². The normalized spacial score (nSPS) is 11.2. The molecule has 0 aliphatic rings. The fourth-order valence-electron chi connectivity index (χ4n) is 2.17. The molecule has 0 spiro atoms. The zero-order chi connectivity index (χ0) is 15.3. The van der Waals surface area contributed by atoms with Crippen molar-refractivity contribution >= 4 is 11.9 Å². The number of aryl methyl sites for hydroxylation is 1. The quantitative estimate of drug-likeness (QED) is 0.869. The third kappa shape index (κ3) is 3.59. The van der Waals surface area contributed by atoms with Gasteiger partial charge in [0.05, 0.1) is 5.41 Å². The van der Waals surface area contributed by atoms with Gasteiger partial charge in [0.15, 0.2) is 0 Å². The fourth-order valence-corrected chi connectivity index (χ4v) is 2.17. The molecule has 0 bridgehead atoms. The minimum Gasteiger partial charge on any atom is -0.480 e. The predicted octanol–water partition coefficient (Wildman–Crippen LogP) is 2.46. The second-order valence-corrected chi connectivity index (χ2v) is 5.39. The maximum Gasteiger partial charge on any atom is 0.323 e. The molecule has 0 aliphatic heterocycles. The number of carboxylic acid groups (broad SMARTS) is 1. The molecule has 0 aliphatic carbocycles. The van der Waals surface area contributed by atoms with E-state index in [9.17, 15) is 9.59 Å². The molecule has 0 atom stereocenters. The van der Waals surface area contributed by atoms with Gasteiger partial charge in [-0.15, -0.1) is 0 Å². The van der Waals surface area contributed by atoms with Gasteiger partial charge in [-0.05, 0) is 38.3 Å². The van der Waals surface area contributed by atoms with Crippen LogP contribution in [-0.2, 0) is 21.4 Å². The van der Waals surface area contributed by atoms with E-state index < -0.39 is 11.4 Å². The lowest BCUT2D eigenvalue weighted by Gasteiger charge is -2.30. The van der Waals surface area contributed by atoms with Gasteiger partial charge >= 0.3 is 5.97 Å². The number of aliphatic carboxylic acids is 1. The van der Waals surface area contributed by atoms with E-state index in [0.29, 0.717) is 6.54 Å². The van der Waals surface area contributed by atoms with Gasteiger partial charge in [-0.25, -0.2) is 0 Å². The maximum absolute atomic E-state index is 12.5. The standard InChI is InChI=1S/C16H23NO3/c1-5-12-7-9-13(10-8-12)16(3,4)15(20)17(6-2)11-14(18)19/h7-10H,5-6,11H2,1-4H3,(H,18,19). The number of amides is 1. The molecule has 1 aromatic rings. The summed E-state index contributed by atoms with van der Waals surface area (Å²) in [6, 6.07) is 7.92. The average Bonchev–Trinajstić information content (AvgIpc) is 2.43. The topological polar surface area (TPSA) is 57.6 Å². The molecular formula is C16H23NO3. The number of rotatable bonds is 6. The molecule has 0 heterocycles. The first-order valence-corrected chi connectivity index (χ1v) is 6.93. The number of carboxylic acids is 1. The average molecular weight is 277 g/mol. The molecule has 20 heavy (non-hydrogen) atoms. The predicted molar refractivity (Wildman–Crippen MR) is 78.7 cm³/mol. The highest BCUT2D eigenvalue weighted by molar-refractivity contribution is 5.89.